The van der Waals surface area contributed by atoms with E-state index in [-0.39, 0.29) is 12.4 Å². The van der Waals surface area contributed by atoms with Crippen LogP contribution in [-0.4, -0.2) is 15.0 Å². The van der Waals surface area contributed by atoms with E-state index in [9.17, 15) is 14.4 Å². The van der Waals surface area contributed by atoms with Crippen LogP contribution in [0.15, 0.2) is 69.1 Å². The number of amides is 1. The van der Waals surface area contributed by atoms with Gasteiger partial charge in [-0.05, 0) is 25.1 Å². The third-order valence-electron chi connectivity index (χ3n) is 3.47. The number of furan rings is 1. The molecule has 3 aromatic rings. The molecule has 1 aromatic carbocycles. The van der Waals surface area contributed by atoms with E-state index >= 15 is 0 Å². The van der Waals surface area contributed by atoms with Crippen LogP contribution in [0.25, 0.3) is 5.69 Å². The van der Waals surface area contributed by atoms with Crippen molar-refractivity contribution in [3.05, 3.63) is 81.3 Å². The molecular weight excluding hydrogens is 310 g/mol. The van der Waals surface area contributed by atoms with E-state index < -0.39 is 17.0 Å². The van der Waals surface area contributed by atoms with Crippen molar-refractivity contribution in [2.75, 3.05) is 5.32 Å². The quantitative estimate of drug-likeness (QED) is 0.737. The Bertz CT molecular complexity index is 966. The van der Waals surface area contributed by atoms with E-state index in [0.29, 0.717) is 5.69 Å². The normalized spacial score (nSPS) is 10.5. The first-order chi connectivity index (χ1) is 11.5. The van der Waals surface area contributed by atoms with Gasteiger partial charge in [0.25, 0.3) is 0 Å². The van der Waals surface area contributed by atoms with Gasteiger partial charge in [-0.2, -0.15) is 0 Å². The Hall–Kier alpha value is -3.35. The van der Waals surface area contributed by atoms with Crippen molar-refractivity contribution < 1.29 is 9.21 Å². The van der Waals surface area contributed by atoms with Crippen molar-refractivity contribution in [2.45, 2.75) is 13.5 Å². The summed E-state index contributed by atoms with van der Waals surface area (Å²) in [6.07, 6.45) is 4.30. The van der Waals surface area contributed by atoms with Crippen molar-refractivity contribution in [2.24, 2.45) is 0 Å². The Morgan fingerprint density at radius 1 is 1.08 bits per heavy atom. The van der Waals surface area contributed by atoms with Gasteiger partial charge in [-0.3, -0.25) is 28.8 Å². The summed E-state index contributed by atoms with van der Waals surface area (Å²) in [5.74, 6) is -0.180. The molecule has 0 spiro atoms. The van der Waals surface area contributed by atoms with Gasteiger partial charge >= 0.3 is 11.1 Å². The lowest BCUT2D eigenvalue weighted by Gasteiger charge is -2.09. The van der Waals surface area contributed by atoms with Crippen LogP contribution >= 0.6 is 0 Å². The van der Waals surface area contributed by atoms with E-state index in [1.807, 2.05) is 19.1 Å². The standard InChI is InChI=1S/C17H15N3O4/c1-12-4-6-13(7-5-12)20-9-8-19(16(22)17(20)23)11-14(21)18-15-3-2-10-24-15/h2-10H,11H2,1H3,(H,18,21). The van der Waals surface area contributed by atoms with Gasteiger partial charge in [0.05, 0.1) is 6.26 Å². The fraction of sp³-hybridized carbons (Fsp3) is 0.118. The molecule has 122 valence electrons. The SMILES string of the molecule is Cc1ccc(-n2ccn(CC(=O)Nc3ccco3)c(=O)c2=O)cc1. The van der Waals surface area contributed by atoms with Crippen molar-refractivity contribution in [1.82, 2.24) is 9.13 Å². The van der Waals surface area contributed by atoms with Gasteiger partial charge in [-0.1, -0.05) is 17.7 Å². The summed E-state index contributed by atoms with van der Waals surface area (Å²) in [7, 11) is 0. The fourth-order valence-corrected chi connectivity index (χ4v) is 2.22. The Kier molecular flexibility index (Phi) is 4.15. The molecule has 1 N–H and O–H groups in total. The average molecular weight is 325 g/mol. The van der Waals surface area contributed by atoms with Gasteiger partial charge in [0, 0.05) is 24.1 Å². The third-order valence-corrected chi connectivity index (χ3v) is 3.47. The van der Waals surface area contributed by atoms with Gasteiger partial charge in [-0.15, -0.1) is 0 Å². The minimum absolute atomic E-state index is 0.274. The van der Waals surface area contributed by atoms with Crippen molar-refractivity contribution in [1.29, 1.82) is 0 Å². The lowest BCUT2D eigenvalue weighted by atomic mass is 10.2. The second kappa shape index (κ2) is 6.41. The molecule has 24 heavy (non-hydrogen) atoms. The molecule has 7 heteroatoms. The first-order valence-corrected chi connectivity index (χ1v) is 7.27. The first kappa shape index (κ1) is 15.5. The van der Waals surface area contributed by atoms with Crippen molar-refractivity contribution in [3.63, 3.8) is 0 Å². The number of carbonyl (C=O) groups excluding carboxylic acids is 1. The van der Waals surface area contributed by atoms with E-state index in [2.05, 4.69) is 5.32 Å². The number of carbonyl (C=O) groups is 1. The van der Waals surface area contributed by atoms with Crippen LogP contribution in [-0.2, 0) is 11.3 Å². The molecule has 0 fully saturated rings. The molecule has 0 aliphatic carbocycles. The molecule has 7 nitrogen and oxygen atoms in total. The number of aromatic nitrogens is 2. The smallest absolute Gasteiger partial charge is 0.320 e. The number of nitrogens with zero attached hydrogens (tertiary/aromatic N) is 2. The number of nitrogens with one attached hydrogen (secondary N) is 1. The van der Waals surface area contributed by atoms with E-state index in [1.54, 1.807) is 24.3 Å². The highest BCUT2D eigenvalue weighted by Crippen LogP contribution is 2.07. The van der Waals surface area contributed by atoms with Gasteiger partial charge in [-0.25, -0.2) is 0 Å². The molecule has 2 heterocycles. The summed E-state index contributed by atoms with van der Waals surface area (Å²) < 4.78 is 7.31. The number of hydrogen-bond acceptors (Lipinski definition) is 4. The van der Waals surface area contributed by atoms with Crippen LogP contribution < -0.4 is 16.4 Å². The minimum Gasteiger partial charge on any atom is -0.449 e. The Morgan fingerprint density at radius 3 is 2.50 bits per heavy atom. The van der Waals surface area contributed by atoms with Crippen LogP contribution in [0.1, 0.15) is 5.56 Å². The van der Waals surface area contributed by atoms with Crippen molar-refractivity contribution >= 4 is 11.8 Å². The number of hydrogen-bond donors (Lipinski definition) is 1. The van der Waals surface area contributed by atoms with Crippen LogP contribution in [0, 0.1) is 6.92 Å². The maximum Gasteiger partial charge on any atom is 0.320 e. The zero-order valence-electron chi connectivity index (χ0n) is 12.9. The second-order valence-electron chi connectivity index (χ2n) is 5.27. The summed E-state index contributed by atoms with van der Waals surface area (Å²) >= 11 is 0. The average Bonchev–Trinajstić information content (AvgIpc) is 3.06. The summed E-state index contributed by atoms with van der Waals surface area (Å²) in [5, 5.41) is 2.50. The Labute approximate surface area is 136 Å². The van der Waals surface area contributed by atoms with E-state index in [1.165, 1.54) is 23.2 Å². The van der Waals surface area contributed by atoms with Crippen LogP contribution in [0.4, 0.5) is 5.88 Å². The monoisotopic (exact) mass is 325 g/mol. The van der Waals surface area contributed by atoms with Gasteiger partial charge < -0.3 is 4.42 Å². The number of rotatable bonds is 4. The topological polar surface area (TPSA) is 86.2 Å². The molecule has 0 bridgehead atoms. The highest BCUT2D eigenvalue weighted by molar-refractivity contribution is 5.89. The zero-order valence-corrected chi connectivity index (χ0v) is 12.9. The summed E-state index contributed by atoms with van der Waals surface area (Å²) in [6.45, 7) is 1.66. The zero-order chi connectivity index (χ0) is 17.1. The van der Waals surface area contributed by atoms with E-state index in [4.69, 9.17) is 4.42 Å². The molecule has 0 aliphatic heterocycles. The summed E-state index contributed by atoms with van der Waals surface area (Å²) in [4.78, 5) is 36.3. The van der Waals surface area contributed by atoms with Gasteiger partial charge in [0.2, 0.25) is 5.91 Å². The Morgan fingerprint density at radius 2 is 1.83 bits per heavy atom. The van der Waals surface area contributed by atoms with Crippen LogP contribution in [0.2, 0.25) is 0 Å². The molecule has 0 radical (unpaired) electrons. The summed E-state index contributed by atoms with van der Waals surface area (Å²) in [6, 6.07) is 10.4. The molecule has 0 saturated carbocycles. The third kappa shape index (κ3) is 3.19. The lowest BCUT2D eigenvalue weighted by Crippen LogP contribution is -2.41. The molecule has 2 aromatic heterocycles. The highest BCUT2D eigenvalue weighted by Gasteiger charge is 2.10. The largest absolute Gasteiger partial charge is 0.449 e. The lowest BCUT2D eigenvalue weighted by molar-refractivity contribution is -0.116. The second-order valence-corrected chi connectivity index (χ2v) is 5.27. The maximum absolute atomic E-state index is 12.3. The van der Waals surface area contributed by atoms with Crippen LogP contribution in [0.3, 0.4) is 0 Å². The predicted molar refractivity (Wildman–Crippen MR) is 88.4 cm³/mol. The Balaban J connectivity index is 1.85. The summed E-state index contributed by atoms with van der Waals surface area (Å²) in [5.41, 5.74) is 0.157. The maximum atomic E-state index is 12.3. The highest BCUT2D eigenvalue weighted by atomic mass is 16.3. The van der Waals surface area contributed by atoms with E-state index in [0.717, 1.165) is 10.1 Å². The molecule has 0 aliphatic rings. The van der Waals surface area contributed by atoms with Crippen molar-refractivity contribution in [3.8, 4) is 5.69 Å². The van der Waals surface area contributed by atoms with Gasteiger partial charge in [0.15, 0.2) is 5.88 Å². The predicted octanol–water partition coefficient (Wildman–Crippen LogP) is 1.54. The molecular formula is C17H15N3O4. The molecule has 0 atom stereocenters. The first-order valence-electron chi connectivity index (χ1n) is 7.27. The van der Waals surface area contributed by atoms with Crippen LogP contribution in [0.5, 0.6) is 0 Å². The van der Waals surface area contributed by atoms with Gasteiger partial charge in [0.1, 0.15) is 6.54 Å². The molecule has 0 saturated heterocycles. The molecule has 0 unspecified atom stereocenters. The number of anilines is 1. The fourth-order valence-electron chi connectivity index (χ4n) is 2.22. The minimum atomic E-state index is -0.771. The number of benzene rings is 1. The molecule has 3 rings (SSSR count). The molecule has 1 amide bonds. The number of aryl methyl sites for hydroxylation is 1.